The highest BCUT2D eigenvalue weighted by Gasteiger charge is 2.21. The zero-order valence-electron chi connectivity index (χ0n) is 6.60. The summed E-state index contributed by atoms with van der Waals surface area (Å²) < 4.78 is 38.7. The van der Waals surface area contributed by atoms with E-state index in [2.05, 4.69) is 0 Å². The summed E-state index contributed by atoms with van der Waals surface area (Å²) in [4.78, 5) is 0. The van der Waals surface area contributed by atoms with Gasteiger partial charge in [-0.2, -0.15) is 0 Å². The van der Waals surface area contributed by atoms with Crippen molar-refractivity contribution in [2.24, 2.45) is 0 Å². The molecule has 13 heavy (non-hydrogen) atoms. The van der Waals surface area contributed by atoms with Crippen LogP contribution in [0.15, 0.2) is 0 Å². The molecular formula is C8H5Cl2F3. The van der Waals surface area contributed by atoms with Crippen molar-refractivity contribution in [1.29, 1.82) is 0 Å². The van der Waals surface area contributed by atoms with Crippen molar-refractivity contribution in [1.82, 2.24) is 0 Å². The second-order valence-corrected chi connectivity index (χ2v) is 3.16. The van der Waals surface area contributed by atoms with Gasteiger partial charge in [-0.15, -0.1) is 0 Å². The molecule has 0 aliphatic carbocycles. The predicted octanol–water partition coefficient (Wildman–Crippen LogP) is 3.97. The number of rotatable bonds is 1. The summed E-state index contributed by atoms with van der Waals surface area (Å²) in [5.74, 6) is -3.74. The van der Waals surface area contributed by atoms with Crippen LogP contribution in [0.4, 0.5) is 13.2 Å². The van der Waals surface area contributed by atoms with Crippen molar-refractivity contribution in [3.05, 3.63) is 33.1 Å². The Kier molecular flexibility index (Phi) is 3.09. The van der Waals surface area contributed by atoms with Crippen LogP contribution in [0, 0.1) is 17.5 Å². The summed E-state index contributed by atoms with van der Waals surface area (Å²) in [5.41, 5.74) is -0.106. The van der Waals surface area contributed by atoms with E-state index in [9.17, 15) is 13.2 Å². The van der Waals surface area contributed by atoms with Crippen LogP contribution in [-0.4, -0.2) is 0 Å². The maximum Gasteiger partial charge on any atom is 0.181 e. The maximum absolute atomic E-state index is 13.1. The molecule has 0 saturated heterocycles. The smallest absolute Gasteiger partial charge is 0.181 e. The molecule has 0 spiro atoms. The third-order valence-electron chi connectivity index (χ3n) is 1.65. The molecule has 72 valence electrons. The Morgan fingerprint density at radius 3 is 1.85 bits per heavy atom. The summed E-state index contributed by atoms with van der Waals surface area (Å²) in [6, 6.07) is 0. The highest BCUT2D eigenvalue weighted by atomic mass is 35.5. The number of benzene rings is 1. The molecule has 0 aliphatic heterocycles. The number of halogens is 5. The third-order valence-corrected chi connectivity index (χ3v) is 2.38. The normalized spacial score (nSPS) is 10.6. The monoisotopic (exact) mass is 228 g/mol. The predicted molar refractivity (Wildman–Crippen MR) is 45.7 cm³/mol. The van der Waals surface area contributed by atoms with Crippen molar-refractivity contribution >= 4 is 23.2 Å². The minimum absolute atomic E-state index is 0.106. The summed E-state index contributed by atoms with van der Waals surface area (Å²) >= 11 is 10.6. The van der Waals surface area contributed by atoms with Crippen LogP contribution >= 0.6 is 23.2 Å². The van der Waals surface area contributed by atoms with Gasteiger partial charge in [0.25, 0.3) is 0 Å². The van der Waals surface area contributed by atoms with Crippen molar-refractivity contribution in [2.45, 2.75) is 13.3 Å². The second kappa shape index (κ2) is 3.76. The van der Waals surface area contributed by atoms with E-state index < -0.39 is 27.5 Å². The highest BCUT2D eigenvalue weighted by Crippen LogP contribution is 2.31. The molecule has 0 unspecified atom stereocenters. The standard InChI is InChI=1S/C8H5Cl2F3/c1-2-3-4(9)7(12)8(13)5(10)6(3)11/h2H2,1H3. The van der Waals surface area contributed by atoms with E-state index in [0.717, 1.165) is 0 Å². The first-order valence-corrected chi connectivity index (χ1v) is 4.26. The van der Waals surface area contributed by atoms with E-state index in [-0.39, 0.29) is 12.0 Å². The van der Waals surface area contributed by atoms with Gasteiger partial charge in [0.05, 0.1) is 5.02 Å². The third kappa shape index (κ3) is 1.63. The van der Waals surface area contributed by atoms with E-state index in [4.69, 9.17) is 23.2 Å². The Labute approximate surface area is 83.3 Å². The largest absolute Gasteiger partial charge is 0.205 e. The molecule has 1 aromatic rings. The van der Waals surface area contributed by atoms with Crippen LogP contribution in [0.25, 0.3) is 0 Å². The van der Waals surface area contributed by atoms with E-state index >= 15 is 0 Å². The zero-order valence-corrected chi connectivity index (χ0v) is 8.11. The van der Waals surface area contributed by atoms with Gasteiger partial charge in [0.1, 0.15) is 10.8 Å². The summed E-state index contributed by atoms with van der Waals surface area (Å²) in [6.07, 6.45) is 0.154. The maximum atomic E-state index is 13.1. The van der Waals surface area contributed by atoms with Gasteiger partial charge < -0.3 is 0 Å². The first kappa shape index (κ1) is 10.7. The lowest BCUT2D eigenvalue weighted by Crippen LogP contribution is -1.98. The summed E-state index contributed by atoms with van der Waals surface area (Å²) in [7, 11) is 0. The number of hydrogen-bond acceptors (Lipinski definition) is 0. The van der Waals surface area contributed by atoms with Crippen molar-refractivity contribution < 1.29 is 13.2 Å². The minimum Gasteiger partial charge on any atom is -0.205 e. The van der Waals surface area contributed by atoms with Gasteiger partial charge >= 0.3 is 0 Å². The molecule has 0 heterocycles. The Morgan fingerprint density at radius 2 is 1.38 bits per heavy atom. The van der Waals surface area contributed by atoms with Crippen molar-refractivity contribution in [2.75, 3.05) is 0 Å². The average molecular weight is 229 g/mol. The van der Waals surface area contributed by atoms with Crippen LogP contribution in [0.5, 0.6) is 0 Å². The van der Waals surface area contributed by atoms with E-state index in [1.165, 1.54) is 0 Å². The molecule has 0 fully saturated rings. The van der Waals surface area contributed by atoms with Gasteiger partial charge in [-0.25, -0.2) is 13.2 Å². The van der Waals surface area contributed by atoms with Gasteiger partial charge in [-0.05, 0) is 6.42 Å². The quantitative estimate of drug-likeness (QED) is 0.504. The lowest BCUT2D eigenvalue weighted by Gasteiger charge is -2.06. The molecule has 1 aromatic carbocycles. The average Bonchev–Trinajstić information content (AvgIpc) is 2.13. The van der Waals surface area contributed by atoms with Crippen LogP contribution in [-0.2, 0) is 6.42 Å². The molecule has 0 aliphatic rings. The SMILES string of the molecule is CCc1c(F)c(Cl)c(F)c(F)c1Cl. The van der Waals surface area contributed by atoms with Crippen molar-refractivity contribution in [3.8, 4) is 0 Å². The fourth-order valence-corrected chi connectivity index (χ4v) is 1.46. The first-order chi connectivity index (χ1) is 6.00. The molecule has 1 rings (SSSR count). The minimum atomic E-state index is -1.44. The van der Waals surface area contributed by atoms with Gasteiger partial charge in [0.15, 0.2) is 11.6 Å². The molecule has 0 amide bonds. The Hall–Kier alpha value is -0.410. The fraction of sp³-hybridized carbons (Fsp3) is 0.250. The van der Waals surface area contributed by atoms with Gasteiger partial charge in [-0.1, -0.05) is 30.1 Å². The summed E-state index contributed by atoms with van der Waals surface area (Å²) in [6.45, 7) is 1.57. The van der Waals surface area contributed by atoms with Gasteiger partial charge in [0.2, 0.25) is 0 Å². The summed E-state index contributed by atoms with van der Waals surface area (Å²) in [5, 5.41) is -1.39. The van der Waals surface area contributed by atoms with Gasteiger partial charge in [-0.3, -0.25) is 0 Å². The molecule has 0 N–H and O–H groups in total. The Bertz CT molecular complexity index is 321. The lowest BCUT2D eigenvalue weighted by molar-refractivity contribution is 0.491. The molecular weight excluding hydrogens is 224 g/mol. The number of hydrogen-bond donors (Lipinski definition) is 0. The highest BCUT2D eigenvalue weighted by molar-refractivity contribution is 6.34. The van der Waals surface area contributed by atoms with Crippen LogP contribution in [0.3, 0.4) is 0 Å². The Morgan fingerprint density at radius 1 is 0.923 bits per heavy atom. The Balaban J connectivity index is 3.56. The van der Waals surface area contributed by atoms with Crippen LogP contribution in [0.2, 0.25) is 10.0 Å². The molecule has 0 radical (unpaired) electrons. The molecule has 0 atom stereocenters. The second-order valence-electron chi connectivity index (χ2n) is 2.40. The molecule has 5 heteroatoms. The molecule has 0 aromatic heterocycles. The van der Waals surface area contributed by atoms with Crippen molar-refractivity contribution in [3.63, 3.8) is 0 Å². The van der Waals surface area contributed by atoms with Crippen LogP contribution in [0.1, 0.15) is 12.5 Å². The first-order valence-electron chi connectivity index (χ1n) is 3.51. The van der Waals surface area contributed by atoms with E-state index in [1.54, 1.807) is 6.92 Å². The van der Waals surface area contributed by atoms with Gasteiger partial charge in [0, 0.05) is 5.56 Å². The molecule has 0 nitrogen and oxygen atoms in total. The zero-order chi connectivity index (χ0) is 10.2. The van der Waals surface area contributed by atoms with E-state index in [1.807, 2.05) is 0 Å². The van der Waals surface area contributed by atoms with Crippen LogP contribution < -0.4 is 0 Å². The molecule has 0 saturated carbocycles. The van der Waals surface area contributed by atoms with E-state index in [0.29, 0.717) is 0 Å². The fourth-order valence-electron chi connectivity index (χ4n) is 0.961. The topological polar surface area (TPSA) is 0 Å². The molecule has 0 bridgehead atoms. The lowest BCUT2D eigenvalue weighted by atomic mass is 10.1.